The lowest BCUT2D eigenvalue weighted by Gasteiger charge is -2.19. The van der Waals surface area contributed by atoms with Crippen molar-refractivity contribution in [2.24, 2.45) is 7.05 Å². The number of anilines is 1. The highest BCUT2D eigenvalue weighted by Crippen LogP contribution is 2.40. The van der Waals surface area contributed by atoms with Crippen LogP contribution in [-0.2, 0) is 25.2 Å². The van der Waals surface area contributed by atoms with Gasteiger partial charge >= 0.3 is 15.6 Å². The number of tetrazole rings is 1. The van der Waals surface area contributed by atoms with Crippen LogP contribution < -0.4 is 5.32 Å². The van der Waals surface area contributed by atoms with Gasteiger partial charge in [-0.1, -0.05) is 6.07 Å². The number of hydrogen-bond acceptors (Lipinski definition) is 9. The minimum atomic E-state index is -4.98. The van der Waals surface area contributed by atoms with Crippen molar-refractivity contribution >= 4 is 21.3 Å². The molecule has 178 valence electrons. The van der Waals surface area contributed by atoms with Crippen molar-refractivity contribution in [1.29, 1.82) is 0 Å². The van der Waals surface area contributed by atoms with E-state index in [4.69, 9.17) is 19.6 Å². The van der Waals surface area contributed by atoms with Gasteiger partial charge in [-0.2, -0.15) is 4.80 Å². The molecule has 0 bridgehead atoms. The average Bonchev–Trinajstić information content (AvgIpc) is 3.15. The standard InChI is InChI=1S/C16H19FN6O8P2/c1-23-21-16(20-22-23)15-5-2-10(7-19-15)13-4-3-11(6-14(13)17)18-8-12(31-33(27,28)29)9-30-32(24,25)26/h2-7,12,18H,8-9H2,1H3,(H2,24,25,26)(H2,27,28,29)/t12-/m1/s1. The molecule has 0 radical (unpaired) electrons. The third-order valence-corrected chi connectivity index (χ3v) is 5.09. The van der Waals surface area contributed by atoms with E-state index < -0.39 is 34.2 Å². The van der Waals surface area contributed by atoms with Crippen LogP contribution in [0.15, 0.2) is 36.5 Å². The Bertz CT molecular complexity index is 1200. The van der Waals surface area contributed by atoms with Gasteiger partial charge in [-0.3, -0.25) is 14.0 Å². The number of nitrogens with one attached hydrogen (secondary N) is 1. The normalized spacial score (nSPS) is 13.2. The number of nitrogens with zero attached hydrogens (tertiary/aromatic N) is 5. The molecule has 0 aliphatic rings. The molecule has 0 saturated heterocycles. The molecule has 2 heterocycles. The van der Waals surface area contributed by atoms with Crippen molar-refractivity contribution in [3.05, 3.63) is 42.3 Å². The number of hydrogen-bond donors (Lipinski definition) is 5. The molecule has 0 amide bonds. The first-order valence-electron chi connectivity index (χ1n) is 9.08. The van der Waals surface area contributed by atoms with Gasteiger partial charge in [0, 0.05) is 29.6 Å². The molecular weight excluding hydrogens is 485 g/mol. The number of rotatable bonds is 10. The Morgan fingerprint density at radius 3 is 2.45 bits per heavy atom. The second-order valence-corrected chi connectivity index (χ2v) is 9.05. The molecular formula is C16H19FN6O8P2. The zero-order valence-electron chi connectivity index (χ0n) is 16.9. The lowest BCUT2D eigenvalue weighted by atomic mass is 10.1. The summed E-state index contributed by atoms with van der Waals surface area (Å²) in [6, 6.07) is 7.33. The van der Waals surface area contributed by atoms with Crippen molar-refractivity contribution in [3.8, 4) is 22.6 Å². The molecule has 1 aromatic carbocycles. The highest BCUT2D eigenvalue weighted by Gasteiger charge is 2.26. The molecule has 0 saturated carbocycles. The van der Waals surface area contributed by atoms with E-state index in [2.05, 4.69) is 34.8 Å². The maximum absolute atomic E-state index is 14.7. The number of benzene rings is 1. The summed E-state index contributed by atoms with van der Waals surface area (Å²) in [5.41, 5.74) is 1.39. The molecule has 14 nitrogen and oxygen atoms in total. The van der Waals surface area contributed by atoms with Crippen molar-refractivity contribution in [1.82, 2.24) is 25.2 Å². The molecule has 3 aromatic rings. The van der Waals surface area contributed by atoms with Crippen molar-refractivity contribution in [3.63, 3.8) is 0 Å². The number of phosphoric ester groups is 2. The minimum absolute atomic E-state index is 0.222. The average molecular weight is 504 g/mol. The molecule has 0 fully saturated rings. The van der Waals surface area contributed by atoms with E-state index in [1.807, 2.05) is 0 Å². The van der Waals surface area contributed by atoms with Crippen LogP contribution in [0.1, 0.15) is 0 Å². The molecule has 5 N–H and O–H groups in total. The molecule has 0 aliphatic carbocycles. The van der Waals surface area contributed by atoms with Crippen LogP contribution in [0, 0.1) is 5.82 Å². The third-order valence-electron chi connectivity index (χ3n) is 4.03. The van der Waals surface area contributed by atoms with Gasteiger partial charge in [-0.25, -0.2) is 13.5 Å². The van der Waals surface area contributed by atoms with Crippen LogP contribution in [-0.4, -0.2) is 64.0 Å². The van der Waals surface area contributed by atoms with Gasteiger partial charge in [0.1, 0.15) is 17.6 Å². The molecule has 33 heavy (non-hydrogen) atoms. The third kappa shape index (κ3) is 7.74. The minimum Gasteiger partial charge on any atom is -0.382 e. The fourth-order valence-electron chi connectivity index (χ4n) is 2.66. The van der Waals surface area contributed by atoms with Crippen molar-refractivity contribution in [2.75, 3.05) is 18.5 Å². The smallest absolute Gasteiger partial charge is 0.382 e. The first-order chi connectivity index (χ1) is 15.4. The van der Waals surface area contributed by atoms with Gasteiger partial charge in [0.2, 0.25) is 5.82 Å². The summed E-state index contributed by atoms with van der Waals surface area (Å²) in [5, 5.41) is 14.3. The van der Waals surface area contributed by atoms with Crippen LogP contribution in [0.2, 0.25) is 0 Å². The summed E-state index contributed by atoms with van der Waals surface area (Å²) >= 11 is 0. The Kier molecular flexibility index (Phi) is 7.67. The summed E-state index contributed by atoms with van der Waals surface area (Å²) in [4.78, 5) is 40.9. The van der Waals surface area contributed by atoms with E-state index in [9.17, 15) is 13.5 Å². The van der Waals surface area contributed by atoms with E-state index in [0.29, 0.717) is 17.1 Å². The predicted molar refractivity (Wildman–Crippen MR) is 111 cm³/mol. The summed E-state index contributed by atoms with van der Waals surface area (Å²) < 4.78 is 45.2. The van der Waals surface area contributed by atoms with Crippen LogP contribution >= 0.6 is 15.6 Å². The largest absolute Gasteiger partial charge is 0.469 e. The second-order valence-electron chi connectivity index (χ2n) is 6.61. The molecule has 0 spiro atoms. The highest BCUT2D eigenvalue weighted by molar-refractivity contribution is 7.46. The Morgan fingerprint density at radius 1 is 1.15 bits per heavy atom. The van der Waals surface area contributed by atoms with E-state index in [0.717, 1.165) is 6.07 Å². The van der Waals surface area contributed by atoms with E-state index in [1.54, 1.807) is 19.2 Å². The fraction of sp³-hybridized carbons (Fsp3) is 0.250. The van der Waals surface area contributed by atoms with Gasteiger partial charge in [0.15, 0.2) is 0 Å². The lowest BCUT2D eigenvalue weighted by Crippen LogP contribution is -2.27. The Balaban J connectivity index is 1.69. The maximum atomic E-state index is 14.7. The number of aromatic nitrogens is 5. The van der Waals surface area contributed by atoms with Gasteiger partial charge in [0.05, 0.1) is 13.7 Å². The van der Waals surface area contributed by atoms with Crippen LogP contribution in [0.25, 0.3) is 22.6 Å². The van der Waals surface area contributed by atoms with Gasteiger partial charge in [-0.05, 0) is 29.5 Å². The van der Waals surface area contributed by atoms with Crippen LogP contribution in [0.5, 0.6) is 0 Å². The highest BCUT2D eigenvalue weighted by atomic mass is 31.2. The number of halogens is 1. The molecule has 17 heteroatoms. The second kappa shape index (κ2) is 10.1. The van der Waals surface area contributed by atoms with Crippen LogP contribution in [0.3, 0.4) is 0 Å². The fourth-order valence-corrected chi connectivity index (χ4v) is 3.55. The maximum Gasteiger partial charge on any atom is 0.469 e. The molecule has 1 atom stereocenters. The number of pyridine rings is 1. The molecule has 3 rings (SSSR count). The monoisotopic (exact) mass is 504 g/mol. The quantitative estimate of drug-likeness (QED) is 0.246. The van der Waals surface area contributed by atoms with E-state index in [1.165, 1.54) is 23.1 Å². The van der Waals surface area contributed by atoms with Crippen LogP contribution in [0.4, 0.5) is 10.1 Å². The van der Waals surface area contributed by atoms with Crippen molar-refractivity contribution in [2.45, 2.75) is 6.10 Å². The Morgan fingerprint density at radius 2 is 1.91 bits per heavy atom. The van der Waals surface area contributed by atoms with Crippen molar-refractivity contribution < 1.29 is 42.1 Å². The van der Waals surface area contributed by atoms with Gasteiger partial charge in [-0.15, -0.1) is 10.2 Å². The first-order valence-corrected chi connectivity index (χ1v) is 12.1. The van der Waals surface area contributed by atoms with Gasteiger partial charge < -0.3 is 24.9 Å². The van der Waals surface area contributed by atoms with Gasteiger partial charge in [0.25, 0.3) is 0 Å². The zero-order chi connectivity index (χ0) is 24.2. The first kappa shape index (κ1) is 25.0. The summed E-state index contributed by atoms with van der Waals surface area (Å²) in [6.07, 6.45) is 0.00759. The van der Waals surface area contributed by atoms with E-state index in [-0.39, 0.29) is 17.8 Å². The summed E-state index contributed by atoms with van der Waals surface area (Å²) in [6.45, 7) is -1.16. The number of aryl methyl sites for hydroxylation is 1. The zero-order valence-corrected chi connectivity index (χ0v) is 18.7. The lowest BCUT2D eigenvalue weighted by molar-refractivity contribution is 0.0804. The summed E-state index contributed by atoms with van der Waals surface area (Å²) in [7, 11) is -8.25. The molecule has 2 aromatic heterocycles. The SMILES string of the molecule is Cn1nnc(-c2ccc(-c3ccc(NC[C@H](COP(=O)(O)O)OP(=O)(O)O)cc3F)cn2)n1. The Labute approximate surface area is 185 Å². The Hall–Kier alpha value is -2.61. The molecule has 0 unspecified atom stereocenters. The topological polar surface area (TPSA) is 202 Å². The number of phosphoric acid groups is 2. The summed E-state index contributed by atoms with van der Waals surface area (Å²) in [5.74, 6) is -0.301. The van der Waals surface area contributed by atoms with E-state index >= 15 is 0 Å². The predicted octanol–water partition coefficient (Wildman–Crippen LogP) is 1.08. The molecule has 0 aliphatic heterocycles.